The van der Waals surface area contributed by atoms with E-state index in [0.717, 1.165) is 23.4 Å². The standard InChI is InChI=1S/C12H12N2O2/c15-12(16)6-5-11-9-3-1-2-4-10(9)13-7-8-14-11/h1-2,4,7-8H,3,5-6H2,(H,15,16). The Kier molecular flexibility index (Phi) is 3.10. The number of carboxylic acid groups (broad SMARTS) is 1. The molecule has 0 amide bonds. The van der Waals surface area contributed by atoms with Crippen LogP contribution in [0.15, 0.2) is 45.2 Å². The Balaban J connectivity index is 2.26. The van der Waals surface area contributed by atoms with Gasteiger partial charge in [-0.25, -0.2) is 0 Å². The first kappa shape index (κ1) is 10.5. The van der Waals surface area contributed by atoms with E-state index in [4.69, 9.17) is 5.11 Å². The number of hydrogen-bond acceptors (Lipinski definition) is 3. The maximum absolute atomic E-state index is 10.6. The molecule has 0 saturated carbocycles. The highest BCUT2D eigenvalue weighted by Gasteiger charge is 2.14. The van der Waals surface area contributed by atoms with Crippen molar-refractivity contribution in [2.75, 3.05) is 0 Å². The second kappa shape index (κ2) is 4.70. The number of carboxylic acids is 1. The summed E-state index contributed by atoms with van der Waals surface area (Å²) in [7, 11) is 0. The third kappa shape index (κ3) is 2.34. The van der Waals surface area contributed by atoms with Gasteiger partial charge in [0.2, 0.25) is 0 Å². The van der Waals surface area contributed by atoms with Crippen LogP contribution in [0, 0.1) is 0 Å². The quantitative estimate of drug-likeness (QED) is 0.785. The van der Waals surface area contributed by atoms with Gasteiger partial charge < -0.3 is 5.11 Å². The Morgan fingerprint density at radius 2 is 2.19 bits per heavy atom. The van der Waals surface area contributed by atoms with Crippen LogP contribution < -0.4 is 0 Å². The van der Waals surface area contributed by atoms with E-state index in [1.54, 1.807) is 12.4 Å². The third-order valence-electron chi connectivity index (χ3n) is 2.46. The normalized spacial score (nSPS) is 18.1. The summed E-state index contributed by atoms with van der Waals surface area (Å²) in [6.45, 7) is 0. The zero-order valence-corrected chi connectivity index (χ0v) is 8.76. The Morgan fingerprint density at radius 1 is 1.38 bits per heavy atom. The van der Waals surface area contributed by atoms with Crippen molar-refractivity contribution in [2.24, 2.45) is 9.98 Å². The number of aliphatic imine (C=N–C) groups is 2. The number of fused-ring (bicyclic) bond motifs is 1. The van der Waals surface area contributed by atoms with E-state index < -0.39 is 5.97 Å². The van der Waals surface area contributed by atoms with Gasteiger partial charge in [0.25, 0.3) is 0 Å². The van der Waals surface area contributed by atoms with Crippen LogP contribution in [0.4, 0.5) is 0 Å². The molecule has 0 spiro atoms. The zero-order valence-electron chi connectivity index (χ0n) is 8.76. The largest absolute Gasteiger partial charge is 0.481 e. The maximum Gasteiger partial charge on any atom is 0.303 e. The molecule has 0 unspecified atom stereocenters. The molecule has 0 radical (unpaired) electrons. The van der Waals surface area contributed by atoms with Gasteiger partial charge in [-0.2, -0.15) is 0 Å². The topological polar surface area (TPSA) is 62.0 Å². The van der Waals surface area contributed by atoms with Gasteiger partial charge in [-0.05, 0) is 12.5 Å². The molecular formula is C12H12N2O2. The van der Waals surface area contributed by atoms with E-state index in [1.807, 2.05) is 18.2 Å². The van der Waals surface area contributed by atoms with Gasteiger partial charge in [0.15, 0.2) is 0 Å². The van der Waals surface area contributed by atoms with E-state index in [0.29, 0.717) is 6.42 Å². The van der Waals surface area contributed by atoms with Crippen LogP contribution in [0.2, 0.25) is 0 Å². The second-order valence-electron chi connectivity index (χ2n) is 3.56. The van der Waals surface area contributed by atoms with E-state index in [1.165, 1.54) is 0 Å². The van der Waals surface area contributed by atoms with Gasteiger partial charge in [-0.15, -0.1) is 0 Å². The molecule has 0 aromatic heterocycles. The fraction of sp³-hybridized carbons (Fsp3) is 0.250. The summed E-state index contributed by atoms with van der Waals surface area (Å²) in [5.74, 6) is -0.801. The van der Waals surface area contributed by atoms with Gasteiger partial charge in [-0.1, -0.05) is 12.2 Å². The molecule has 0 atom stereocenters. The molecule has 0 saturated heterocycles. The number of allylic oxidation sites excluding steroid dienone is 5. The molecule has 4 heteroatoms. The Morgan fingerprint density at radius 3 is 3.00 bits per heavy atom. The molecule has 0 aromatic carbocycles. The fourth-order valence-electron chi connectivity index (χ4n) is 1.69. The maximum atomic E-state index is 10.6. The predicted molar refractivity (Wildman–Crippen MR) is 62.7 cm³/mol. The first-order valence-electron chi connectivity index (χ1n) is 5.15. The van der Waals surface area contributed by atoms with E-state index in [-0.39, 0.29) is 6.42 Å². The minimum Gasteiger partial charge on any atom is -0.481 e. The van der Waals surface area contributed by atoms with Gasteiger partial charge in [-0.3, -0.25) is 14.8 Å². The fourth-order valence-corrected chi connectivity index (χ4v) is 1.69. The Bertz CT molecular complexity index is 454. The molecule has 2 aliphatic rings. The van der Waals surface area contributed by atoms with Crippen LogP contribution in [0.25, 0.3) is 0 Å². The highest BCUT2D eigenvalue weighted by molar-refractivity contribution is 6.17. The minimum absolute atomic E-state index is 0.104. The van der Waals surface area contributed by atoms with Crippen molar-refractivity contribution >= 4 is 18.4 Å². The monoisotopic (exact) mass is 216 g/mol. The lowest BCUT2D eigenvalue weighted by atomic mass is 10.00. The van der Waals surface area contributed by atoms with Crippen LogP contribution in [0.3, 0.4) is 0 Å². The van der Waals surface area contributed by atoms with Gasteiger partial charge in [0.05, 0.1) is 12.1 Å². The molecule has 16 heavy (non-hydrogen) atoms. The van der Waals surface area contributed by atoms with Crippen LogP contribution in [0.1, 0.15) is 19.3 Å². The lowest BCUT2D eigenvalue weighted by Crippen LogP contribution is -1.99. The number of aliphatic carboxylic acids is 1. The molecule has 0 aromatic rings. The van der Waals surface area contributed by atoms with Gasteiger partial charge in [0, 0.05) is 30.1 Å². The Hall–Kier alpha value is -1.97. The van der Waals surface area contributed by atoms with Crippen LogP contribution in [-0.4, -0.2) is 23.5 Å². The predicted octanol–water partition coefficient (Wildman–Crippen LogP) is 2.10. The number of hydrogen-bond donors (Lipinski definition) is 1. The van der Waals surface area contributed by atoms with Crippen LogP contribution >= 0.6 is 0 Å². The first-order chi connectivity index (χ1) is 7.77. The first-order valence-corrected chi connectivity index (χ1v) is 5.15. The van der Waals surface area contributed by atoms with Crippen molar-refractivity contribution in [2.45, 2.75) is 19.3 Å². The lowest BCUT2D eigenvalue weighted by molar-refractivity contribution is -0.136. The third-order valence-corrected chi connectivity index (χ3v) is 2.46. The summed E-state index contributed by atoms with van der Waals surface area (Å²) < 4.78 is 0. The average molecular weight is 216 g/mol. The molecule has 0 fully saturated rings. The molecule has 1 N–H and O–H groups in total. The molecule has 82 valence electrons. The second-order valence-corrected chi connectivity index (χ2v) is 3.56. The van der Waals surface area contributed by atoms with E-state index in [9.17, 15) is 4.79 Å². The number of rotatable bonds is 3. The average Bonchev–Trinajstić information content (AvgIpc) is 2.48. The lowest BCUT2D eigenvalue weighted by Gasteiger charge is -2.11. The van der Waals surface area contributed by atoms with E-state index >= 15 is 0 Å². The summed E-state index contributed by atoms with van der Waals surface area (Å²) in [5.41, 5.74) is 2.75. The SMILES string of the molecule is O=C(O)CCC1=C2CC=CC=C2N=CC=N1. The van der Waals surface area contributed by atoms with Crippen LogP contribution in [0.5, 0.6) is 0 Å². The van der Waals surface area contributed by atoms with Crippen molar-refractivity contribution < 1.29 is 9.90 Å². The molecule has 1 aliphatic heterocycles. The van der Waals surface area contributed by atoms with Gasteiger partial charge in [0.1, 0.15) is 0 Å². The van der Waals surface area contributed by atoms with Crippen molar-refractivity contribution in [3.05, 3.63) is 35.2 Å². The molecular weight excluding hydrogens is 204 g/mol. The molecule has 1 heterocycles. The summed E-state index contributed by atoms with van der Waals surface area (Å²) in [6, 6.07) is 0. The van der Waals surface area contributed by atoms with Crippen molar-refractivity contribution in [3.8, 4) is 0 Å². The Labute approximate surface area is 93.4 Å². The minimum atomic E-state index is -0.801. The number of carbonyl (C=O) groups is 1. The smallest absolute Gasteiger partial charge is 0.303 e. The molecule has 2 rings (SSSR count). The van der Waals surface area contributed by atoms with Gasteiger partial charge >= 0.3 is 5.97 Å². The summed E-state index contributed by atoms with van der Waals surface area (Å²) >= 11 is 0. The van der Waals surface area contributed by atoms with Crippen LogP contribution in [-0.2, 0) is 4.79 Å². The van der Waals surface area contributed by atoms with E-state index in [2.05, 4.69) is 9.98 Å². The number of nitrogens with zero attached hydrogens (tertiary/aromatic N) is 2. The zero-order chi connectivity index (χ0) is 11.4. The highest BCUT2D eigenvalue weighted by atomic mass is 16.4. The molecule has 0 bridgehead atoms. The van der Waals surface area contributed by atoms with Crippen molar-refractivity contribution in [1.82, 2.24) is 0 Å². The molecule has 4 nitrogen and oxygen atoms in total. The summed E-state index contributed by atoms with van der Waals surface area (Å²) in [4.78, 5) is 19.1. The molecule has 1 aliphatic carbocycles. The van der Waals surface area contributed by atoms with Crippen molar-refractivity contribution in [3.63, 3.8) is 0 Å². The highest BCUT2D eigenvalue weighted by Crippen LogP contribution is 2.28. The van der Waals surface area contributed by atoms with Crippen molar-refractivity contribution in [1.29, 1.82) is 0 Å². The summed E-state index contributed by atoms with van der Waals surface area (Å²) in [6.07, 6.45) is 10.5. The summed E-state index contributed by atoms with van der Waals surface area (Å²) in [5, 5.41) is 8.68.